The number of carbonyl (C=O) groups excluding carboxylic acids is 1. The largest absolute Gasteiger partial charge is 0.492 e. The summed E-state index contributed by atoms with van der Waals surface area (Å²) in [5.74, 6) is 0.490. The minimum Gasteiger partial charge on any atom is -0.492 e. The van der Waals surface area contributed by atoms with E-state index in [2.05, 4.69) is 36.4 Å². The quantitative estimate of drug-likeness (QED) is 0.383. The van der Waals surface area contributed by atoms with Crippen LogP contribution in [0.5, 0.6) is 5.75 Å². The minimum atomic E-state index is -0.273. The van der Waals surface area contributed by atoms with Crippen LogP contribution in [-0.4, -0.2) is 19.2 Å². The average Bonchev–Trinajstić information content (AvgIpc) is 2.41. The Labute approximate surface area is 128 Å². The molecule has 0 aliphatic carbocycles. The maximum atomic E-state index is 11.8. The SMILES string of the molecule is CCCCOC(=O)c1ccc(I)c(OCCCC)c1. The summed E-state index contributed by atoms with van der Waals surface area (Å²) in [6.45, 7) is 5.35. The molecule has 0 atom stereocenters. The van der Waals surface area contributed by atoms with Crippen molar-refractivity contribution < 1.29 is 14.3 Å². The van der Waals surface area contributed by atoms with Gasteiger partial charge in [0.2, 0.25) is 0 Å². The number of rotatable bonds is 8. The van der Waals surface area contributed by atoms with Crippen LogP contribution >= 0.6 is 22.6 Å². The van der Waals surface area contributed by atoms with Crippen LogP contribution in [0.3, 0.4) is 0 Å². The lowest BCUT2D eigenvalue weighted by Gasteiger charge is -2.10. The van der Waals surface area contributed by atoms with Crippen LogP contribution in [0.25, 0.3) is 0 Å². The van der Waals surface area contributed by atoms with Gasteiger partial charge in [-0.3, -0.25) is 0 Å². The van der Waals surface area contributed by atoms with Crippen LogP contribution in [0.15, 0.2) is 18.2 Å². The zero-order chi connectivity index (χ0) is 14.1. The monoisotopic (exact) mass is 376 g/mol. The predicted molar refractivity (Wildman–Crippen MR) is 84.8 cm³/mol. The smallest absolute Gasteiger partial charge is 0.338 e. The Kier molecular flexibility index (Phi) is 7.86. The summed E-state index contributed by atoms with van der Waals surface area (Å²) in [6, 6.07) is 5.44. The Balaban J connectivity index is 2.63. The first-order valence-corrected chi connectivity index (χ1v) is 7.86. The molecular formula is C15H21IO3. The molecule has 0 aliphatic heterocycles. The van der Waals surface area contributed by atoms with E-state index in [9.17, 15) is 4.79 Å². The lowest BCUT2D eigenvalue weighted by Crippen LogP contribution is -2.07. The molecule has 0 saturated carbocycles. The molecule has 0 bridgehead atoms. The molecule has 0 aromatic heterocycles. The van der Waals surface area contributed by atoms with Crippen molar-refractivity contribution in [2.75, 3.05) is 13.2 Å². The van der Waals surface area contributed by atoms with E-state index in [0.717, 1.165) is 35.0 Å². The van der Waals surface area contributed by atoms with Crippen molar-refractivity contribution >= 4 is 28.6 Å². The van der Waals surface area contributed by atoms with E-state index in [-0.39, 0.29) is 5.97 Å². The van der Waals surface area contributed by atoms with Gasteiger partial charge < -0.3 is 9.47 Å². The van der Waals surface area contributed by atoms with Crippen molar-refractivity contribution in [3.8, 4) is 5.75 Å². The van der Waals surface area contributed by atoms with E-state index < -0.39 is 0 Å². The molecule has 0 fully saturated rings. The van der Waals surface area contributed by atoms with E-state index in [1.165, 1.54) is 0 Å². The maximum absolute atomic E-state index is 11.8. The van der Waals surface area contributed by atoms with Crippen LogP contribution in [0.4, 0.5) is 0 Å². The van der Waals surface area contributed by atoms with Crippen LogP contribution in [0.2, 0.25) is 0 Å². The highest BCUT2D eigenvalue weighted by atomic mass is 127. The van der Waals surface area contributed by atoms with Gasteiger partial charge in [0.1, 0.15) is 5.75 Å². The Bertz CT molecular complexity index is 404. The number of hydrogen-bond donors (Lipinski definition) is 0. The topological polar surface area (TPSA) is 35.5 Å². The van der Waals surface area contributed by atoms with Gasteiger partial charge in [-0.1, -0.05) is 26.7 Å². The second kappa shape index (κ2) is 9.18. The molecule has 0 amide bonds. The second-order valence-electron chi connectivity index (χ2n) is 4.34. The van der Waals surface area contributed by atoms with Gasteiger partial charge in [-0.25, -0.2) is 4.79 Å². The van der Waals surface area contributed by atoms with Crippen molar-refractivity contribution in [2.24, 2.45) is 0 Å². The van der Waals surface area contributed by atoms with E-state index in [1.54, 1.807) is 12.1 Å². The zero-order valence-electron chi connectivity index (χ0n) is 11.6. The third kappa shape index (κ3) is 5.80. The Hall–Kier alpha value is -0.780. The summed E-state index contributed by atoms with van der Waals surface area (Å²) < 4.78 is 11.9. The summed E-state index contributed by atoms with van der Waals surface area (Å²) in [5.41, 5.74) is 0.558. The average molecular weight is 376 g/mol. The Morgan fingerprint density at radius 3 is 2.53 bits per heavy atom. The van der Waals surface area contributed by atoms with E-state index >= 15 is 0 Å². The number of hydrogen-bond acceptors (Lipinski definition) is 3. The van der Waals surface area contributed by atoms with Gasteiger partial charge in [0.05, 0.1) is 22.3 Å². The number of unbranched alkanes of at least 4 members (excludes halogenated alkanes) is 2. The number of carbonyl (C=O) groups is 1. The van der Waals surface area contributed by atoms with Crippen molar-refractivity contribution in [1.82, 2.24) is 0 Å². The molecule has 0 N–H and O–H groups in total. The highest BCUT2D eigenvalue weighted by Crippen LogP contribution is 2.23. The first-order chi connectivity index (χ1) is 9.19. The van der Waals surface area contributed by atoms with E-state index in [1.807, 2.05) is 6.07 Å². The van der Waals surface area contributed by atoms with Gasteiger partial charge in [-0.2, -0.15) is 0 Å². The lowest BCUT2D eigenvalue weighted by atomic mass is 10.2. The molecule has 0 aliphatic rings. The minimum absolute atomic E-state index is 0.273. The van der Waals surface area contributed by atoms with E-state index in [4.69, 9.17) is 9.47 Å². The van der Waals surface area contributed by atoms with Crippen molar-refractivity contribution in [1.29, 1.82) is 0 Å². The molecule has 1 rings (SSSR count). The molecule has 0 heterocycles. The summed E-state index contributed by atoms with van der Waals surface area (Å²) in [7, 11) is 0. The number of esters is 1. The lowest BCUT2D eigenvalue weighted by molar-refractivity contribution is 0.0499. The van der Waals surface area contributed by atoms with Gasteiger partial charge in [-0.15, -0.1) is 0 Å². The van der Waals surface area contributed by atoms with Crippen LogP contribution in [0, 0.1) is 3.57 Å². The molecule has 19 heavy (non-hydrogen) atoms. The summed E-state index contributed by atoms with van der Waals surface area (Å²) in [4.78, 5) is 11.8. The Morgan fingerprint density at radius 1 is 1.16 bits per heavy atom. The molecule has 1 aromatic rings. The van der Waals surface area contributed by atoms with Gasteiger partial charge >= 0.3 is 5.97 Å². The second-order valence-corrected chi connectivity index (χ2v) is 5.50. The number of benzene rings is 1. The summed E-state index contributed by atoms with van der Waals surface area (Å²) >= 11 is 2.21. The molecule has 0 spiro atoms. The highest BCUT2D eigenvalue weighted by molar-refractivity contribution is 14.1. The normalized spacial score (nSPS) is 10.3. The zero-order valence-corrected chi connectivity index (χ0v) is 13.7. The fourth-order valence-corrected chi connectivity index (χ4v) is 1.95. The molecule has 0 unspecified atom stereocenters. The molecule has 4 heteroatoms. The summed E-state index contributed by atoms with van der Waals surface area (Å²) in [6.07, 6.45) is 4.03. The van der Waals surface area contributed by atoms with Crippen molar-refractivity contribution in [3.63, 3.8) is 0 Å². The van der Waals surface area contributed by atoms with Gasteiger partial charge in [-0.05, 0) is 53.6 Å². The van der Waals surface area contributed by atoms with Gasteiger partial charge in [0.15, 0.2) is 0 Å². The van der Waals surface area contributed by atoms with Crippen LogP contribution in [0.1, 0.15) is 49.9 Å². The molecule has 106 valence electrons. The third-order valence-corrected chi connectivity index (χ3v) is 3.54. The first kappa shape index (κ1) is 16.3. The fourth-order valence-electron chi connectivity index (χ4n) is 1.46. The molecule has 0 saturated heterocycles. The summed E-state index contributed by atoms with van der Waals surface area (Å²) in [5, 5.41) is 0. The fraction of sp³-hybridized carbons (Fsp3) is 0.533. The standard InChI is InChI=1S/C15H21IO3/c1-3-5-9-18-14-11-12(7-8-13(14)16)15(17)19-10-6-4-2/h7-8,11H,3-6,9-10H2,1-2H3. The van der Waals surface area contributed by atoms with Crippen molar-refractivity contribution in [2.45, 2.75) is 39.5 Å². The Morgan fingerprint density at radius 2 is 1.84 bits per heavy atom. The molecular weight excluding hydrogens is 355 g/mol. The number of ether oxygens (including phenoxy) is 2. The molecule has 0 radical (unpaired) electrons. The van der Waals surface area contributed by atoms with Gasteiger partial charge in [0.25, 0.3) is 0 Å². The maximum Gasteiger partial charge on any atom is 0.338 e. The van der Waals surface area contributed by atoms with Crippen LogP contribution < -0.4 is 4.74 Å². The third-order valence-electron chi connectivity index (χ3n) is 2.65. The first-order valence-electron chi connectivity index (χ1n) is 6.78. The number of halogens is 1. The van der Waals surface area contributed by atoms with Crippen LogP contribution in [-0.2, 0) is 4.74 Å². The molecule has 1 aromatic carbocycles. The van der Waals surface area contributed by atoms with Gasteiger partial charge in [0, 0.05) is 0 Å². The highest BCUT2D eigenvalue weighted by Gasteiger charge is 2.10. The molecule has 3 nitrogen and oxygen atoms in total. The van der Waals surface area contributed by atoms with Crippen molar-refractivity contribution in [3.05, 3.63) is 27.3 Å². The van der Waals surface area contributed by atoms with E-state index in [0.29, 0.717) is 18.8 Å². The predicted octanol–water partition coefficient (Wildman–Crippen LogP) is 4.43.